The Morgan fingerprint density at radius 1 is 0.214 bits per heavy atom. The van der Waals surface area contributed by atoms with Gasteiger partial charge in [0.2, 0.25) is 0 Å². The Morgan fingerprint density at radius 2 is 0.536 bits per heavy atom. The smallest absolute Gasteiger partial charge is 0.0622 e. The SMILES string of the molecule is [2H]c1c([2H])c([2H])c(-c2c([2H])c(-c3c([2H])c([2H])c(-c4c([2H])c([2H])c5c([2H])c([2H])c6c([2H])c([2H])c([2H])c7c([2H])c([2H])c4c5c67)c([2H])c3[2H])c([2H])c(-c3c([2H])c([2H])c(-c4c([2H])c([2H])c5c([2H])c([2H])c6c([2H])c([2H])c([2H])c7c([2H])c([2H])c4c5c67)c([2H])c3[2H])c2[2H])c([2H])c1[2H]. The molecule has 0 amide bonds. The van der Waals surface area contributed by atoms with Gasteiger partial charge in [-0.2, -0.15) is 0 Å². The minimum atomic E-state index is -1.24. The zero-order valence-electron chi connectivity index (χ0n) is 62.0. The van der Waals surface area contributed by atoms with Gasteiger partial charge in [0.15, 0.2) is 0 Å². The highest BCUT2D eigenvalue weighted by Gasteiger charge is 2.15. The number of hydrogen-bond acceptors (Lipinski definition) is 0. The fraction of sp³-hybridized carbons (Fsp3) is 0. The Hall–Kier alpha value is -7.28. The van der Waals surface area contributed by atoms with Gasteiger partial charge in [-0.15, -0.1) is 0 Å². The van der Waals surface area contributed by atoms with Crippen LogP contribution in [0.15, 0.2) is 205 Å². The van der Waals surface area contributed by atoms with Crippen molar-refractivity contribution in [1.29, 1.82) is 0 Å². The highest BCUT2D eigenvalue weighted by atomic mass is 14.2. The molecule has 0 spiro atoms. The van der Waals surface area contributed by atoms with Crippen molar-refractivity contribution in [3.63, 3.8) is 0 Å². The van der Waals surface area contributed by atoms with Crippen LogP contribution in [0.4, 0.5) is 0 Å². The molecule has 0 aliphatic rings. The van der Waals surface area contributed by atoms with Crippen molar-refractivity contribution in [3.05, 3.63) is 205 Å². The molecule has 12 aromatic carbocycles. The van der Waals surface area contributed by atoms with Crippen LogP contribution in [-0.2, 0) is 0 Å². The average molecular weight is 741 g/mol. The van der Waals surface area contributed by atoms with E-state index in [1.807, 2.05) is 0 Å². The molecule has 0 fully saturated rings. The molecule has 0 heterocycles. The second-order valence-electron chi connectivity index (χ2n) is 12.5. The first-order valence-electron chi connectivity index (χ1n) is 33.8. The molecule has 56 heavy (non-hydrogen) atoms. The summed E-state index contributed by atoms with van der Waals surface area (Å²) in [6.45, 7) is 0. The lowest BCUT2D eigenvalue weighted by atomic mass is 9.88. The molecule has 0 aliphatic heterocycles. The van der Waals surface area contributed by atoms with Gasteiger partial charge >= 0.3 is 0 Å². The maximum absolute atomic E-state index is 9.88. The minimum absolute atomic E-state index is 0.320. The van der Waals surface area contributed by atoms with Gasteiger partial charge in [-0.05, 0) is 138 Å². The van der Waals surface area contributed by atoms with Gasteiger partial charge in [-0.1, -0.05) is 187 Å². The molecule has 0 heteroatoms. The lowest BCUT2D eigenvalue weighted by molar-refractivity contribution is 1.56. The summed E-state index contributed by atoms with van der Waals surface area (Å²) in [6.07, 6.45) is 0. The number of hydrogen-bond donors (Lipinski definition) is 0. The van der Waals surface area contributed by atoms with E-state index in [0.717, 1.165) is 0 Å². The summed E-state index contributed by atoms with van der Waals surface area (Å²) in [5.41, 5.74) is -9.43. The summed E-state index contributed by atoms with van der Waals surface area (Å²) in [6, 6.07) is -32.9. The maximum atomic E-state index is 9.88. The molecule has 12 rings (SSSR count). The van der Waals surface area contributed by atoms with Crippen LogP contribution in [0.3, 0.4) is 0 Å². The third-order valence-corrected chi connectivity index (χ3v) is 9.38. The molecule has 0 aliphatic carbocycles. The van der Waals surface area contributed by atoms with Gasteiger partial charge in [0.05, 0.1) is 46.6 Å². The third kappa shape index (κ3) is 4.79. The molecule has 12 aromatic rings. The highest BCUT2D eigenvalue weighted by molar-refractivity contribution is 6.26. The van der Waals surface area contributed by atoms with Gasteiger partial charge in [-0.3, -0.25) is 0 Å². The van der Waals surface area contributed by atoms with E-state index >= 15 is 0 Å². The lowest BCUT2D eigenvalue weighted by Gasteiger charge is -2.15. The Bertz CT molecular complexity index is 5020. The van der Waals surface area contributed by atoms with Crippen molar-refractivity contribution in [2.24, 2.45) is 0 Å². The first kappa shape index (κ1) is 12.6. The van der Waals surface area contributed by atoms with Crippen LogP contribution in [-0.4, -0.2) is 0 Å². The normalized spacial score (nSPS) is 20.4. The lowest BCUT2D eigenvalue weighted by Crippen LogP contribution is -1.89. The van der Waals surface area contributed by atoms with E-state index in [0.29, 0.717) is 0 Å². The van der Waals surface area contributed by atoms with Gasteiger partial charge < -0.3 is 0 Å². The van der Waals surface area contributed by atoms with Crippen molar-refractivity contribution in [2.45, 2.75) is 0 Å². The van der Waals surface area contributed by atoms with Crippen LogP contribution in [0.5, 0.6) is 0 Å². The predicted molar refractivity (Wildman–Crippen MR) is 241 cm³/mol. The third-order valence-electron chi connectivity index (χ3n) is 9.38. The average Bonchev–Trinajstić information content (AvgIpc) is 0.695. The Balaban J connectivity index is 1.21. The molecular weight excluding hydrogens is 673 g/mol. The number of rotatable bonds is 5. The second kappa shape index (κ2) is 12.1. The molecule has 0 atom stereocenters. The first-order valence-corrected chi connectivity index (χ1v) is 16.8. The van der Waals surface area contributed by atoms with E-state index in [4.69, 9.17) is 23.3 Å². The molecule has 0 unspecified atom stereocenters. The molecular formula is C56H34. The zero-order chi connectivity index (χ0) is 66.3. The first-order chi connectivity index (χ1) is 42.0. The fourth-order valence-electron chi connectivity index (χ4n) is 6.84. The zero-order valence-corrected chi connectivity index (χ0v) is 28.0. The molecule has 258 valence electrons. The maximum Gasteiger partial charge on any atom is 0.0636 e. The summed E-state index contributed by atoms with van der Waals surface area (Å²) < 4.78 is 311. The standard InChI is InChI=1S/C56H34/c1-2-6-35(7-3-1)46-32-47(36-12-16-38(17-13-36)49-28-24-44-22-20-40-8-4-10-42-26-30-51(49)55(44)53(40)42)34-48(33-46)37-14-18-39(19-15-37)50-29-25-45-23-21-41-9-5-11-43-27-31-52(50)56(45)54(41)43/h1-34H/i1D,2D,3D,4D,5D,6D,7D,8D,9D,10D,11D,12D,13D,14D,15D,16D,17D,18D,19D,20D,21D,22D,23D,24D,25D,26D,27D,28D,29D,30D,31D,32D,33D,34D. The molecule has 0 radical (unpaired) electrons. The quantitative estimate of drug-likeness (QED) is 0.154. The highest BCUT2D eigenvalue weighted by Crippen LogP contribution is 2.42. The van der Waals surface area contributed by atoms with Gasteiger partial charge in [-0.25, -0.2) is 0 Å². The molecule has 0 bridgehead atoms. The topological polar surface area (TPSA) is 0 Å². The molecule has 0 aromatic heterocycles. The van der Waals surface area contributed by atoms with E-state index in [9.17, 15) is 23.3 Å². The van der Waals surface area contributed by atoms with Crippen LogP contribution in [0.25, 0.3) is 120 Å². The van der Waals surface area contributed by atoms with Crippen LogP contribution in [0.1, 0.15) is 46.6 Å². The van der Waals surface area contributed by atoms with Crippen LogP contribution >= 0.6 is 0 Å². The Labute approximate surface area is 373 Å². The molecule has 0 nitrogen and oxygen atoms in total. The Morgan fingerprint density at radius 3 is 0.946 bits per heavy atom. The largest absolute Gasteiger partial charge is 0.0636 e. The Kier molecular flexibility index (Phi) is 2.73. The van der Waals surface area contributed by atoms with Gasteiger partial charge in [0.25, 0.3) is 0 Å². The van der Waals surface area contributed by atoms with Crippen molar-refractivity contribution in [1.82, 2.24) is 0 Å². The van der Waals surface area contributed by atoms with E-state index in [1.165, 1.54) is 0 Å². The van der Waals surface area contributed by atoms with E-state index in [2.05, 4.69) is 0 Å². The predicted octanol–water partition coefficient (Wildman–Crippen LogP) is 15.8. The minimum Gasteiger partial charge on any atom is -0.0622 e. The van der Waals surface area contributed by atoms with Crippen LogP contribution in [0, 0.1) is 0 Å². The van der Waals surface area contributed by atoms with Crippen molar-refractivity contribution < 1.29 is 46.6 Å². The van der Waals surface area contributed by atoms with Gasteiger partial charge in [0, 0.05) is 0 Å². The second-order valence-corrected chi connectivity index (χ2v) is 12.5. The van der Waals surface area contributed by atoms with Crippen molar-refractivity contribution in [3.8, 4) is 55.6 Å². The summed E-state index contributed by atoms with van der Waals surface area (Å²) in [7, 11) is 0. The summed E-state index contributed by atoms with van der Waals surface area (Å²) in [5, 5.41) is -5.31. The van der Waals surface area contributed by atoms with E-state index in [-0.39, 0.29) is 21.5 Å². The van der Waals surface area contributed by atoms with E-state index in [1.54, 1.807) is 0 Å². The summed E-state index contributed by atoms with van der Waals surface area (Å²) in [4.78, 5) is 0. The van der Waals surface area contributed by atoms with Crippen LogP contribution < -0.4 is 0 Å². The van der Waals surface area contributed by atoms with Crippen molar-refractivity contribution in [2.75, 3.05) is 0 Å². The monoisotopic (exact) mass is 740 g/mol. The van der Waals surface area contributed by atoms with Gasteiger partial charge in [0.1, 0.15) is 0 Å². The number of benzene rings is 12. The molecule has 0 N–H and O–H groups in total. The molecule has 0 saturated heterocycles. The fourth-order valence-corrected chi connectivity index (χ4v) is 6.84. The summed E-state index contributed by atoms with van der Waals surface area (Å²) in [5.74, 6) is 0. The summed E-state index contributed by atoms with van der Waals surface area (Å²) >= 11 is 0. The van der Waals surface area contributed by atoms with Crippen LogP contribution in [0.2, 0.25) is 0 Å². The molecule has 0 saturated carbocycles. The van der Waals surface area contributed by atoms with Crippen molar-refractivity contribution >= 4 is 64.6 Å². The van der Waals surface area contributed by atoms with E-state index < -0.39 is 304 Å².